The molecule has 0 aliphatic heterocycles. The second-order valence-electron chi connectivity index (χ2n) is 3.35. The van der Waals surface area contributed by atoms with Gasteiger partial charge in [-0.15, -0.1) is 0 Å². The van der Waals surface area contributed by atoms with E-state index in [4.69, 9.17) is 17.3 Å². The van der Waals surface area contributed by atoms with Crippen LogP contribution in [0.5, 0.6) is 0 Å². The molecule has 4 nitrogen and oxygen atoms in total. The number of rotatable bonds is 3. The van der Waals surface area contributed by atoms with Crippen LogP contribution in [0.25, 0.3) is 11.4 Å². The summed E-state index contributed by atoms with van der Waals surface area (Å²) in [6.07, 6.45) is 2.60. The van der Waals surface area contributed by atoms with Crippen molar-refractivity contribution in [2.75, 3.05) is 6.54 Å². The molecule has 2 aromatic heterocycles. The fraction of sp³-hybridized carbons (Fsp3) is 0.300. The molecule has 2 heterocycles. The van der Waals surface area contributed by atoms with Gasteiger partial charge in [0.15, 0.2) is 5.15 Å². The first-order valence-corrected chi connectivity index (χ1v) is 5.16. The second-order valence-corrected chi connectivity index (χ2v) is 3.71. The molecular formula is C10H13ClN4. The molecule has 0 spiro atoms. The van der Waals surface area contributed by atoms with Crippen LogP contribution in [0.2, 0.25) is 5.15 Å². The quantitative estimate of drug-likeness (QED) is 0.832. The Bertz CT molecular complexity index is 444. The molecule has 2 rings (SSSR count). The standard InChI is InChI=1S/C10H13ClN4/c1-15-8(4-5-12)14-10(11)9(15)7-3-2-6-13-7/h2-3,6,13H,4-5,12H2,1H3. The minimum Gasteiger partial charge on any atom is -0.360 e. The van der Waals surface area contributed by atoms with Crippen molar-refractivity contribution in [3.8, 4) is 11.4 Å². The molecule has 0 saturated carbocycles. The monoisotopic (exact) mass is 224 g/mol. The van der Waals surface area contributed by atoms with Gasteiger partial charge in [0.1, 0.15) is 11.5 Å². The number of nitrogens with two attached hydrogens (primary N) is 1. The smallest absolute Gasteiger partial charge is 0.156 e. The summed E-state index contributed by atoms with van der Waals surface area (Å²) in [5.74, 6) is 0.909. The van der Waals surface area contributed by atoms with Crippen molar-refractivity contribution >= 4 is 11.6 Å². The average molecular weight is 225 g/mol. The van der Waals surface area contributed by atoms with E-state index in [-0.39, 0.29) is 0 Å². The molecule has 0 radical (unpaired) electrons. The van der Waals surface area contributed by atoms with E-state index >= 15 is 0 Å². The van der Waals surface area contributed by atoms with Gasteiger partial charge in [-0.05, 0) is 18.7 Å². The van der Waals surface area contributed by atoms with Crippen LogP contribution >= 0.6 is 11.6 Å². The predicted molar refractivity (Wildman–Crippen MR) is 60.8 cm³/mol. The van der Waals surface area contributed by atoms with Gasteiger partial charge in [0.25, 0.3) is 0 Å². The molecule has 5 heteroatoms. The van der Waals surface area contributed by atoms with Crippen LogP contribution < -0.4 is 5.73 Å². The number of imidazole rings is 1. The Morgan fingerprint density at radius 2 is 2.40 bits per heavy atom. The second kappa shape index (κ2) is 4.08. The lowest BCUT2D eigenvalue weighted by molar-refractivity contribution is 0.781. The number of nitrogens with zero attached hydrogens (tertiary/aromatic N) is 2. The molecule has 0 aliphatic carbocycles. The number of H-pyrrole nitrogens is 1. The van der Waals surface area contributed by atoms with Gasteiger partial charge in [0, 0.05) is 19.7 Å². The Hall–Kier alpha value is -1.26. The summed E-state index contributed by atoms with van der Waals surface area (Å²) >= 11 is 6.08. The first-order chi connectivity index (χ1) is 7.24. The maximum absolute atomic E-state index is 6.08. The molecule has 0 aromatic carbocycles. The van der Waals surface area contributed by atoms with E-state index in [1.165, 1.54) is 0 Å². The number of aromatic amines is 1. The Balaban J connectivity index is 2.48. The van der Waals surface area contributed by atoms with Gasteiger partial charge in [0.05, 0.1) is 5.69 Å². The van der Waals surface area contributed by atoms with Crippen LogP contribution in [0.4, 0.5) is 0 Å². The highest BCUT2D eigenvalue weighted by Crippen LogP contribution is 2.26. The molecule has 0 bridgehead atoms. The lowest BCUT2D eigenvalue weighted by Gasteiger charge is -2.03. The van der Waals surface area contributed by atoms with Crippen LogP contribution in [0, 0.1) is 0 Å². The maximum Gasteiger partial charge on any atom is 0.156 e. The minimum atomic E-state index is 0.517. The number of hydrogen-bond donors (Lipinski definition) is 2. The van der Waals surface area contributed by atoms with Gasteiger partial charge in [0.2, 0.25) is 0 Å². The molecule has 80 valence electrons. The van der Waals surface area contributed by atoms with Crippen molar-refractivity contribution in [1.29, 1.82) is 0 Å². The lowest BCUT2D eigenvalue weighted by atomic mass is 10.3. The molecule has 0 fully saturated rings. The van der Waals surface area contributed by atoms with Gasteiger partial charge in [-0.25, -0.2) is 4.98 Å². The summed E-state index contributed by atoms with van der Waals surface area (Å²) in [6, 6.07) is 3.90. The van der Waals surface area contributed by atoms with Crippen molar-refractivity contribution in [3.63, 3.8) is 0 Å². The first kappa shape index (κ1) is 10.3. The number of aromatic nitrogens is 3. The predicted octanol–water partition coefficient (Wildman–Crippen LogP) is 1.57. The van der Waals surface area contributed by atoms with Gasteiger partial charge in [-0.2, -0.15) is 0 Å². The third-order valence-electron chi connectivity index (χ3n) is 2.37. The van der Waals surface area contributed by atoms with E-state index in [0.29, 0.717) is 11.7 Å². The van der Waals surface area contributed by atoms with Crippen molar-refractivity contribution in [2.45, 2.75) is 6.42 Å². The fourth-order valence-electron chi connectivity index (χ4n) is 1.63. The Kier molecular flexibility index (Phi) is 2.79. The zero-order valence-electron chi connectivity index (χ0n) is 8.50. The van der Waals surface area contributed by atoms with E-state index in [2.05, 4.69) is 9.97 Å². The van der Waals surface area contributed by atoms with Gasteiger partial charge >= 0.3 is 0 Å². The maximum atomic E-state index is 6.08. The Labute approximate surface area is 93.1 Å². The van der Waals surface area contributed by atoms with Crippen LogP contribution in [0.15, 0.2) is 18.3 Å². The molecule has 2 aromatic rings. The minimum absolute atomic E-state index is 0.517. The van der Waals surface area contributed by atoms with Gasteiger partial charge in [-0.1, -0.05) is 11.6 Å². The molecule has 0 atom stereocenters. The van der Waals surface area contributed by atoms with E-state index in [1.807, 2.05) is 29.9 Å². The third-order valence-corrected chi connectivity index (χ3v) is 2.63. The highest BCUT2D eigenvalue weighted by atomic mass is 35.5. The summed E-state index contributed by atoms with van der Waals surface area (Å²) in [6.45, 7) is 0.575. The Morgan fingerprint density at radius 3 is 3.00 bits per heavy atom. The largest absolute Gasteiger partial charge is 0.360 e. The molecule has 0 aliphatic rings. The van der Waals surface area contributed by atoms with E-state index < -0.39 is 0 Å². The van der Waals surface area contributed by atoms with Crippen LogP contribution in [0.3, 0.4) is 0 Å². The molecule has 0 saturated heterocycles. The summed E-state index contributed by atoms with van der Waals surface area (Å²) < 4.78 is 1.97. The van der Waals surface area contributed by atoms with Crippen LogP contribution in [0.1, 0.15) is 5.82 Å². The van der Waals surface area contributed by atoms with Crippen molar-refractivity contribution in [1.82, 2.24) is 14.5 Å². The molecule has 3 N–H and O–H groups in total. The zero-order chi connectivity index (χ0) is 10.8. The van der Waals surface area contributed by atoms with Gasteiger partial charge < -0.3 is 15.3 Å². The van der Waals surface area contributed by atoms with E-state index in [9.17, 15) is 0 Å². The zero-order valence-corrected chi connectivity index (χ0v) is 9.25. The first-order valence-electron chi connectivity index (χ1n) is 4.79. The fourth-order valence-corrected chi connectivity index (χ4v) is 1.96. The molecule has 0 unspecified atom stereocenters. The number of hydrogen-bond acceptors (Lipinski definition) is 2. The van der Waals surface area contributed by atoms with E-state index in [1.54, 1.807) is 0 Å². The van der Waals surface area contributed by atoms with E-state index in [0.717, 1.165) is 23.6 Å². The van der Waals surface area contributed by atoms with Crippen LogP contribution in [-0.4, -0.2) is 21.1 Å². The topological polar surface area (TPSA) is 59.6 Å². The van der Waals surface area contributed by atoms with Crippen molar-refractivity contribution in [3.05, 3.63) is 29.3 Å². The lowest BCUT2D eigenvalue weighted by Crippen LogP contribution is -2.08. The summed E-state index contributed by atoms with van der Waals surface area (Å²) in [5.41, 5.74) is 7.38. The van der Waals surface area contributed by atoms with Gasteiger partial charge in [-0.3, -0.25) is 0 Å². The highest BCUT2D eigenvalue weighted by molar-refractivity contribution is 6.31. The number of nitrogens with one attached hydrogen (secondary N) is 1. The summed E-state index contributed by atoms with van der Waals surface area (Å²) in [5, 5.41) is 0.517. The van der Waals surface area contributed by atoms with Crippen LogP contribution in [-0.2, 0) is 13.5 Å². The summed E-state index contributed by atoms with van der Waals surface area (Å²) in [7, 11) is 1.94. The Morgan fingerprint density at radius 1 is 1.60 bits per heavy atom. The molecular weight excluding hydrogens is 212 g/mol. The SMILES string of the molecule is Cn1c(CCN)nc(Cl)c1-c1ccc[nH]1. The highest BCUT2D eigenvalue weighted by Gasteiger charge is 2.14. The normalized spacial score (nSPS) is 10.9. The molecule has 0 amide bonds. The van der Waals surface area contributed by atoms with Crippen molar-refractivity contribution < 1.29 is 0 Å². The van der Waals surface area contributed by atoms with Crippen molar-refractivity contribution in [2.24, 2.45) is 12.8 Å². The molecule has 15 heavy (non-hydrogen) atoms. The third kappa shape index (κ3) is 1.78. The summed E-state index contributed by atoms with van der Waals surface area (Å²) in [4.78, 5) is 7.40. The average Bonchev–Trinajstić information content (AvgIpc) is 2.77. The number of halogens is 1.